The van der Waals surface area contributed by atoms with Gasteiger partial charge in [0.15, 0.2) is 6.23 Å². The van der Waals surface area contributed by atoms with Gasteiger partial charge in [-0.05, 0) is 35.4 Å². The zero-order chi connectivity index (χ0) is 28.7. The first kappa shape index (κ1) is 31.4. The van der Waals surface area contributed by atoms with Gasteiger partial charge in [-0.15, -0.1) is 0 Å². The predicted octanol–water partition coefficient (Wildman–Crippen LogP) is 1.88. The van der Waals surface area contributed by atoms with E-state index in [2.05, 4.69) is 9.29 Å². The fourth-order valence-corrected chi connectivity index (χ4v) is 4.83. The number of aliphatic hydroxyl groups excluding tert-OH is 2. The van der Waals surface area contributed by atoms with Gasteiger partial charge < -0.3 is 34.2 Å². The summed E-state index contributed by atoms with van der Waals surface area (Å²) in [6.07, 6.45) is -3.00. The molecule has 0 spiro atoms. The van der Waals surface area contributed by atoms with E-state index in [9.17, 15) is 24.7 Å². The van der Waals surface area contributed by atoms with Gasteiger partial charge in [0, 0.05) is 23.5 Å². The molecule has 4 rings (SSSR count). The number of hydrogen-bond donors (Lipinski definition) is 5. The Morgan fingerprint density at radius 2 is 1.72 bits per heavy atom. The second-order valence-electron chi connectivity index (χ2n) is 7.89. The van der Waals surface area contributed by atoms with E-state index >= 15 is 0 Å². The Balaban J connectivity index is 0.00000205. The van der Waals surface area contributed by atoms with Gasteiger partial charge >= 0.3 is 22.9 Å². The number of rotatable bonds is 9. The molecule has 39 heavy (non-hydrogen) atoms. The van der Waals surface area contributed by atoms with E-state index in [1.807, 2.05) is 26.0 Å². The van der Waals surface area contributed by atoms with E-state index in [4.69, 9.17) is 30.6 Å². The Morgan fingerprint density at radius 3 is 2.38 bits per heavy atom. The number of nitrogens with zero attached hydrogens (tertiary/aromatic N) is 3. The van der Waals surface area contributed by atoms with Crippen LogP contribution in [0.5, 0.6) is 0 Å². The average Bonchev–Trinajstić information content (AvgIpc) is 3.20. The van der Waals surface area contributed by atoms with Crippen molar-refractivity contribution >= 4 is 28.8 Å². The van der Waals surface area contributed by atoms with Crippen LogP contribution in [-0.4, -0.2) is 63.9 Å². The predicted molar refractivity (Wildman–Crippen MR) is 144 cm³/mol. The van der Waals surface area contributed by atoms with Gasteiger partial charge in [0.25, 0.3) is 5.56 Å². The molecule has 3 aromatic rings. The first-order valence-electron chi connectivity index (χ1n) is 11.7. The molecule has 5 N–H and O–H groups in total. The van der Waals surface area contributed by atoms with Gasteiger partial charge in [0.05, 0.1) is 18.8 Å². The minimum atomic E-state index is -2.86. The Hall–Kier alpha value is -2.12. The largest absolute Gasteiger partial charge is 0.387 e. The van der Waals surface area contributed by atoms with Gasteiger partial charge in [0.1, 0.15) is 18.3 Å². The second-order valence-corrected chi connectivity index (χ2v) is 10.2. The number of pyridine rings is 1. The zero-order valence-corrected chi connectivity index (χ0v) is 23.4. The molecule has 1 saturated heterocycles. The van der Waals surface area contributed by atoms with Crippen molar-refractivity contribution in [2.24, 2.45) is 0 Å². The monoisotopic (exact) mass is 603 g/mol. The number of halogens is 1. The highest BCUT2D eigenvalue weighted by molar-refractivity contribution is 7.54. The molecule has 16 heteroatoms. The highest BCUT2D eigenvalue weighted by atomic mass is 35.5. The zero-order valence-electron chi connectivity index (χ0n) is 20.8. The standard InChI is InChI=1S/C21H22ClN3O10P2.C2H6/c22-14-3-1-12(2-4-14)13-5-7-23-15(9-13)10-25-17(26)6-8-24(21(25)29)20-19(28)18(27)16(34-20)11-33-37(32)35-36(30)31;1-2/h1-9,16,18-20,27-28,30-32H,10-11H2;1-2H3. The van der Waals surface area contributed by atoms with Crippen LogP contribution in [0.3, 0.4) is 0 Å². The number of ether oxygens (including phenoxy) is 1. The molecule has 0 bridgehead atoms. The van der Waals surface area contributed by atoms with Crippen molar-refractivity contribution < 1.29 is 38.5 Å². The van der Waals surface area contributed by atoms with Gasteiger partial charge in [-0.2, -0.15) is 0 Å². The highest BCUT2D eigenvalue weighted by Gasteiger charge is 2.44. The van der Waals surface area contributed by atoms with Crippen molar-refractivity contribution in [3.05, 3.63) is 86.4 Å². The lowest BCUT2D eigenvalue weighted by Gasteiger charge is -2.19. The first-order chi connectivity index (χ1) is 18.6. The van der Waals surface area contributed by atoms with Gasteiger partial charge in [-0.3, -0.25) is 18.9 Å². The lowest BCUT2D eigenvalue weighted by atomic mass is 10.1. The maximum Gasteiger partial charge on any atom is 0.337 e. The summed E-state index contributed by atoms with van der Waals surface area (Å²) in [7, 11) is -5.54. The molecule has 5 unspecified atom stereocenters. The number of hydrogen-bond acceptors (Lipinski definition) is 11. The molecule has 2 aromatic heterocycles. The van der Waals surface area contributed by atoms with Crippen molar-refractivity contribution in [2.45, 2.75) is 44.9 Å². The summed E-state index contributed by atoms with van der Waals surface area (Å²) in [5, 5.41) is 21.4. The summed E-state index contributed by atoms with van der Waals surface area (Å²) in [4.78, 5) is 56.9. The summed E-state index contributed by atoms with van der Waals surface area (Å²) in [5.74, 6) is 0. The van der Waals surface area contributed by atoms with Crippen molar-refractivity contribution in [3.63, 3.8) is 0 Å². The van der Waals surface area contributed by atoms with E-state index in [0.717, 1.165) is 32.5 Å². The van der Waals surface area contributed by atoms with E-state index in [1.54, 1.807) is 30.5 Å². The molecule has 13 nitrogen and oxygen atoms in total. The Morgan fingerprint density at radius 1 is 1.03 bits per heavy atom. The summed E-state index contributed by atoms with van der Waals surface area (Å²) < 4.78 is 16.6. The molecule has 5 atom stereocenters. The third-order valence-electron chi connectivity index (χ3n) is 5.51. The van der Waals surface area contributed by atoms with E-state index in [-0.39, 0.29) is 6.54 Å². The van der Waals surface area contributed by atoms with Crippen molar-refractivity contribution in [3.8, 4) is 11.1 Å². The van der Waals surface area contributed by atoms with Crippen LogP contribution in [0.1, 0.15) is 25.8 Å². The summed E-state index contributed by atoms with van der Waals surface area (Å²) in [6, 6.07) is 11.7. The van der Waals surface area contributed by atoms with Gasteiger partial charge in [0.2, 0.25) is 0 Å². The van der Waals surface area contributed by atoms with Crippen LogP contribution in [0, 0.1) is 0 Å². The molecule has 1 aliphatic rings. The second kappa shape index (κ2) is 14.5. The normalized spacial score (nSPS) is 21.5. The fourth-order valence-electron chi connectivity index (χ4n) is 3.74. The maximum atomic E-state index is 13.2. The van der Waals surface area contributed by atoms with Crippen LogP contribution in [0.4, 0.5) is 0 Å². The molecule has 0 aliphatic carbocycles. The first-order valence-corrected chi connectivity index (χ1v) is 14.3. The van der Waals surface area contributed by atoms with Crippen molar-refractivity contribution in [1.29, 1.82) is 0 Å². The minimum absolute atomic E-state index is 0.171. The number of aromatic nitrogens is 3. The van der Waals surface area contributed by atoms with Crippen LogP contribution in [0.2, 0.25) is 5.02 Å². The Labute approximate surface area is 230 Å². The van der Waals surface area contributed by atoms with Crippen molar-refractivity contribution in [1.82, 2.24) is 14.1 Å². The quantitative estimate of drug-likeness (QED) is 0.225. The third-order valence-corrected chi connectivity index (χ3v) is 7.28. The fraction of sp³-hybridized carbons (Fsp3) is 0.348. The molecule has 1 aromatic carbocycles. The molecule has 0 amide bonds. The number of benzene rings is 1. The summed E-state index contributed by atoms with van der Waals surface area (Å²) >= 11 is 5.95. The smallest absolute Gasteiger partial charge is 0.337 e. The van der Waals surface area contributed by atoms with Crippen molar-refractivity contribution in [2.75, 3.05) is 6.61 Å². The third kappa shape index (κ3) is 7.97. The summed E-state index contributed by atoms with van der Waals surface area (Å²) in [6.45, 7) is 3.34. The van der Waals surface area contributed by atoms with E-state index in [1.165, 1.54) is 0 Å². The van der Waals surface area contributed by atoms with Crippen LogP contribution >= 0.6 is 28.8 Å². The topological polar surface area (TPSA) is 186 Å². The van der Waals surface area contributed by atoms with E-state index < -0.39 is 59.6 Å². The highest BCUT2D eigenvalue weighted by Crippen LogP contribution is 2.46. The minimum Gasteiger partial charge on any atom is -0.387 e. The van der Waals surface area contributed by atoms with Gasteiger partial charge in [-0.25, -0.2) is 9.11 Å². The lowest BCUT2D eigenvalue weighted by molar-refractivity contribution is -0.0530. The van der Waals surface area contributed by atoms with E-state index in [0.29, 0.717) is 10.7 Å². The molecule has 212 valence electrons. The number of aliphatic hydroxyl groups is 2. The molecule has 3 heterocycles. The molecular formula is C23H28ClN3O10P2. The average molecular weight is 604 g/mol. The SMILES string of the molecule is CC.O=c1ccn(C2OC(COP(O)OP(O)O)C(O)C2O)c(=O)n1Cc1cc(-c2ccc(Cl)cc2)ccn1. The molecule has 1 aliphatic heterocycles. The maximum absolute atomic E-state index is 13.2. The Bertz CT molecular complexity index is 1340. The van der Waals surface area contributed by atoms with Crippen LogP contribution in [-0.2, 0) is 20.1 Å². The van der Waals surface area contributed by atoms with Crippen LogP contribution in [0.15, 0.2) is 64.4 Å². The van der Waals surface area contributed by atoms with Crippen LogP contribution in [0.25, 0.3) is 11.1 Å². The van der Waals surface area contributed by atoms with Gasteiger partial charge in [-0.1, -0.05) is 37.6 Å². The summed E-state index contributed by atoms with van der Waals surface area (Å²) in [5.41, 5.74) is 0.660. The molecule has 0 radical (unpaired) electrons. The molecule has 1 fully saturated rings. The molecule has 0 saturated carbocycles. The molecular weight excluding hydrogens is 576 g/mol. The van der Waals surface area contributed by atoms with Crippen LogP contribution < -0.4 is 11.2 Å². The lowest BCUT2D eigenvalue weighted by Crippen LogP contribution is -2.43. The Kier molecular flexibility index (Phi) is 11.7.